The van der Waals surface area contributed by atoms with E-state index in [9.17, 15) is 4.79 Å². The van der Waals surface area contributed by atoms with Crippen molar-refractivity contribution in [2.24, 2.45) is 5.11 Å². The van der Waals surface area contributed by atoms with E-state index in [1.54, 1.807) is 0 Å². The lowest BCUT2D eigenvalue weighted by Gasteiger charge is -2.28. The lowest BCUT2D eigenvalue weighted by atomic mass is 9.92. The van der Waals surface area contributed by atoms with E-state index in [-0.39, 0.29) is 5.97 Å². The molecule has 7 heteroatoms. The molecule has 0 bridgehead atoms. The number of nitrogens with one attached hydrogen (secondary N) is 1. The summed E-state index contributed by atoms with van der Waals surface area (Å²) in [6, 6.07) is 7.81. The van der Waals surface area contributed by atoms with Gasteiger partial charge < -0.3 is 10.1 Å². The largest absolute Gasteiger partial charge is 0.468 e. The molecule has 0 amide bonds. The van der Waals surface area contributed by atoms with E-state index in [1.165, 1.54) is 7.11 Å². The first-order chi connectivity index (χ1) is 10.0. The summed E-state index contributed by atoms with van der Waals surface area (Å²) in [4.78, 5) is 14.7. The third-order valence-electron chi connectivity index (χ3n) is 3.12. The second kappa shape index (κ2) is 8.67. The summed E-state index contributed by atoms with van der Waals surface area (Å²) >= 11 is 3.39. The highest BCUT2D eigenvalue weighted by molar-refractivity contribution is 9.10. The van der Waals surface area contributed by atoms with Crippen LogP contribution in [0, 0.1) is 0 Å². The minimum absolute atomic E-state index is 0.311. The van der Waals surface area contributed by atoms with E-state index >= 15 is 0 Å². The number of benzene rings is 1. The predicted molar refractivity (Wildman–Crippen MR) is 84.9 cm³/mol. The Bertz CT molecular complexity index is 514. The van der Waals surface area contributed by atoms with Gasteiger partial charge in [0.1, 0.15) is 5.54 Å². The molecular weight excluding hydrogens is 336 g/mol. The van der Waals surface area contributed by atoms with Crippen molar-refractivity contribution in [2.45, 2.75) is 25.3 Å². The zero-order valence-corrected chi connectivity index (χ0v) is 13.8. The van der Waals surface area contributed by atoms with Crippen molar-refractivity contribution < 1.29 is 9.53 Å². The molecule has 0 aromatic heterocycles. The highest BCUT2D eigenvalue weighted by Crippen LogP contribution is 2.18. The molecular formula is C14H19BrN4O2. The second-order valence-electron chi connectivity index (χ2n) is 4.86. The Morgan fingerprint density at radius 1 is 1.48 bits per heavy atom. The number of hydrogen-bond acceptors (Lipinski definition) is 4. The van der Waals surface area contributed by atoms with Gasteiger partial charge in [-0.2, -0.15) is 0 Å². The summed E-state index contributed by atoms with van der Waals surface area (Å²) in [6.45, 7) is 2.79. The zero-order chi connectivity index (χ0) is 15.7. The Hall–Kier alpha value is -1.56. The molecule has 114 valence electrons. The maximum absolute atomic E-state index is 12.0. The number of azide groups is 1. The van der Waals surface area contributed by atoms with Gasteiger partial charge in [-0.1, -0.05) is 33.2 Å². The Morgan fingerprint density at radius 3 is 2.71 bits per heavy atom. The fraction of sp³-hybridized carbons (Fsp3) is 0.500. The number of halogens is 1. The van der Waals surface area contributed by atoms with Gasteiger partial charge in [0, 0.05) is 22.4 Å². The fourth-order valence-corrected chi connectivity index (χ4v) is 2.27. The molecule has 1 rings (SSSR count). The first kappa shape index (κ1) is 17.5. The number of carbonyl (C=O) groups is 1. The molecule has 0 fully saturated rings. The standard InChI is InChI=1S/C14H19BrN4O2/c1-14(13(20)21-2,17-8-3-9-18-19-16)10-11-4-6-12(15)7-5-11/h4-7,17H,3,8-10H2,1-2H3. The predicted octanol–water partition coefficient (Wildman–Crippen LogP) is 3.21. The van der Waals surface area contributed by atoms with E-state index in [2.05, 4.69) is 31.3 Å². The number of hydrogen-bond donors (Lipinski definition) is 1. The number of nitrogens with zero attached hydrogens (tertiary/aromatic N) is 3. The Labute approximate surface area is 132 Å². The smallest absolute Gasteiger partial charge is 0.326 e. The monoisotopic (exact) mass is 354 g/mol. The summed E-state index contributed by atoms with van der Waals surface area (Å²) in [5.74, 6) is -0.311. The van der Waals surface area contributed by atoms with Gasteiger partial charge in [-0.15, -0.1) is 0 Å². The van der Waals surface area contributed by atoms with Crippen molar-refractivity contribution in [1.82, 2.24) is 5.32 Å². The molecule has 1 atom stereocenters. The number of rotatable bonds is 8. The van der Waals surface area contributed by atoms with Crippen LogP contribution in [0.1, 0.15) is 18.9 Å². The summed E-state index contributed by atoms with van der Waals surface area (Å²) < 4.78 is 5.89. The van der Waals surface area contributed by atoms with Gasteiger partial charge in [0.25, 0.3) is 0 Å². The van der Waals surface area contributed by atoms with Gasteiger partial charge in [-0.05, 0) is 43.1 Å². The summed E-state index contributed by atoms with van der Waals surface area (Å²) in [5, 5.41) is 6.67. The normalized spacial score (nSPS) is 13.1. The van der Waals surface area contributed by atoms with Crippen molar-refractivity contribution in [1.29, 1.82) is 0 Å². The SMILES string of the molecule is COC(=O)C(C)(Cc1ccc(Br)cc1)NCCCN=[N+]=[N-]. The van der Waals surface area contributed by atoms with Crippen LogP contribution >= 0.6 is 15.9 Å². The van der Waals surface area contributed by atoms with Gasteiger partial charge in [0.15, 0.2) is 0 Å². The van der Waals surface area contributed by atoms with Crippen LogP contribution in [0.5, 0.6) is 0 Å². The first-order valence-corrected chi connectivity index (χ1v) is 7.40. The van der Waals surface area contributed by atoms with Gasteiger partial charge in [-0.25, -0.2) is 0 Å². The van der Waals surface area contributed by atoms with Crippen molar-refractivity contribution in [2.75, 3.05) is 20.2 Å². The average molecular weight is 355 g/mol. The minimum Gasteiger partial charge on any atom is -0.468 e. The summed E-state index contributed by atoms with van der Waals surface area (Å²) in [5.41, 5.74) is 8.46. The number of ether oxygens (including phenoxy) is 1. The van der Waals surface area contributed by atoms with Crippen LogP contribution in [0.4, 0.5) is 0 Å². The zero-order valence-electron chi connectivity index (χ0n) is 12.2. The second-order valence-corrected chi connectivity index (χ2v) is 5.78. The number of esters is 1. The molecule has 21 heavy (non-hydrogen) atoms. The molecule has 0 saturated carbocycles. The van der Waals surface area contributed by atoms with Gasteiger partial charge in [0.05, 0.1) is 7.11 Å². The summed E-state index contributed by atoms with van der Waals surface area (Å²) in [6.07, 6.45) is 1.19. The van der Waals surface area contributed by atoms with Crippen molar-refractivity contribution in [3.63, 3.8) is 0 Å². The third kappa shape index (κ3) is 5.75. The van der Waals surface area contributed by atoms with Crippen LogP contribution in [0.15, 0.2) is 33.9 Å². The van der Waals surface area contributed by atoms with Crippen LogP contribution < -0.4 is 5.32 Å². The van der Waals surface area contributed by atoms with Crippen LogP contribution in [0.2, 0.25) is 0 Å². The quantitative estimate of drug-likeness (QED) is 0.255. The molecule has 0 aliphatic heterocycles. The molecule has 0 saturated heterocycles. The van der Waals surface area contributed by atoms with Crippen molar-refractivity contribution >= 4 is 21.9 Å². The highest BCUT2D eigenvalue weighted by Gasteiger charge is 2.33. The Kier molecular flexibility index (Phi) is 7.22. The maximum atomic E-state index is 12.0. The molecule has 1 unspecified atom stereocenters. The minimum atomic E-state index is -0.807. The van der Waals surface area contributed by atoms with Crippen LogP contribution in [0.3, 0.4) is 0 Å². The van der Waals surface area contributed by atoms with Crippen LogP contribution in [-0.4, -0.2) is 31.7 Å². The molecule has 0 aliphatic carbocycles. The fourth-order valence-electron chi connectivity index (χ4n) is 2.00. The number of methoxy groups -OCH3 is 1. The van der Waals surface area contributed by atoms with Crippen molar-refractivity contribution in [3.05, 3.63) is 44.7 Å². The van der Waals surface area contributed by atoms with Crippen LogP contribution in [-0.2, 0) is 16.0 Å². The maximum Gasteiger partial charge on any atom is 0.326 e. The molecule has 1 aromatic carbocycles. The lowest BCUT2D eigenvalue weighted by Crippen LogP contribution is -2.52. The molecule has 0 heterocycles. The molecule has 0 aliphatic rings. The van der Waals surface area contributed by atoms with E-state index in [0.29, 0.717) is 25.9 Å². The Balaban J connectivity index is 2.71. The molecule has 1 N–H and O–H groups in total. The van der Waals surface area contributed by atoms with Gasteiger partial charge >= 0.3 is 5.97 Å². The van der Waals surface area contributed by atoms with Gasteiger partial charge in [0.2, 0.25) is 0 Å². The molecule has 0 radical (unpaired) electrons. The topological polar surface area (TPSA) is 87.1 Å². The Morgan fingerprint density at radius 2 is 2.14 bits per heavy atom. The number of carbonyl (C=O) groups excluding carboxylic acids is 1. The van der Waals surface area contributed by atoms with Crippen LogP contribution in [0.25, 0.3) is 10.4 Å². The lowest BCUT2D eigenvalue weighted by molar-refractivity contribution is -0.147. The van der Waals surface area contributed by atoms with E-state index in [1.807, 2.05) is 31.2 Å². The van der Waals surface area contributed by atoms with Gasteiger partial charge in [-0.3, -0.25) is 4.79 Å². The first-order valence-electron chi connectivity index (χ1n) is 6.60. The van der Waals surface area contributed by atoms with E-state index < -0.39 is 5.54 Å². The molecule has 6 nitrogen and oxygen atoms in total. The van der Waals surface area contributed by atoms with E-state index in [0.717, 1.165) is 10.0 Å². The average Bonchev–Trinajstić information content (AvgIpc) is 2.48. The third-order valence-corrected chi connectivity index (χ3v) is 3.65. The van der Waals surface area contributed by atoms with Crippen molar-refractivity contribution in [3.8, 4) is 0 Å². The summed E-state index contributed by atoms with van der Waals surface area (Å²) in [7, 11) is 1.38. The molecule has 0 spiro atoms. The molecule has 1 aromatic rings. The van der Waals surface area contributed by atoms with E-state index in [4.69, 9.17) is 10.3 Å². The highest BCUT2D eigenvalue weighted by atomic mass is 79.9.